The number of methoxy groups -OCH3 is 1. The standard InChI is InChI=1S/C15H20N2O3/c1-10-3-5-11(6-4-10)12-7-8-13(15(19)20-2)17(12)14(18)9-16/h3-6,12-13H,7-9,16H2,1-2H3/t12-,13+/m1/s1. The van der Waals surface area contributed by atoms with Gasteiger partial charge < -0.3 is 15.4 Å². The Morgan fingerprint density at radius 1 is 1.30 bits per heavy atom. The van der Waals surface area contributed by atoms with Gasteiger partial charge in [-0.05, 0) is 25.3 Å². The van der Waals surface area contributed by atoms with Crippen molar-refractivity contribution in [2.75, 3.05) is 13.7 Å². The normalized spacial score (nSPS) is 21.9. The van der Waals surface area contributed by atoms with Gasteiger partial charge in [0.2, 0.25) is 5.91 Å². The number of carbonyl (C=O) groups excluding carboxylic acids is 2. The fraction of sp³-hybridized carbons (Fsp3) is 0.467. The number of amides is 1. The number of esters is 1. The molecule has 0 aromatic heterocycles. The molecule has 20 heavy (non-hydrogen) atoms. The van der Waals surface area contributed by atoms with Crippen LogP contribution in [0, 0.1) is 6.92 Å². The van der Waals surface area contributed by atoms with Crippen molar-refractivity contribution in [2.45, 2.75) is 31.8 Å². The largest absolute Gasteiger partial charge is 0.467 e. The maximum Gasteiger partial charge on any atom is 0.328 e. The number of aryl methyl sites for hydroxylation is 1. The summed E-state index contributed by atoms with van der Waals surface area (Å²) >= 11 is 0. The van der Waals surface area contributed by atoms with E-state index in [1.54, 1.807) is 4.90 Å². The number of carbonyl (C=O) groups is 2. The molecule has 1 aliphatic rings. The van der Waals surface area contributed by atoms with Crippen molar-refractivity contribution in [2.24, 2.45) is 5.73 Å². The molecule has 0 radical (unpaired) electrons. The van der Waals surface area contributed by atoms with Gasteiger partial charge in [-0.3, -0.25) is 4.79 Å². The van der Waals surface area contributed by atoms with Gasteiger partial charge in [-0.1, -0.05) is 29.8 Å². The minimum atomic E-state index is -0.526. The van der Waals surface area contributed by atoms with Crippen LogP contribution in [0.1, 0.15) is 30.0 Å². The highest BCUT2D eigenvalue weighted by atomic mass is 16.5. The van der Waals surface area contributed by atoms with Gasteiger partial charge in [-0.2, -0.15) is 0 Å². The quantitative estimate of drug-likeness (QED) is 0.841. The molecule has 2 rings (SSSR count). The van der Waals surface area contributed by atoms with Crippen LogP contribution in [-0.4, -0.2) is 36.5 Å². The number of benzene rings is 1. The van der Waals surface area contributed by atoms with E-state index in [1.165, 1.54) is 7.11 Å². The van der Waals surface area contributed by atoms with Crippen LogP contribution in [-0.2, 0) is 14.3 Å². The zero-order chi connectivity index (χ0) is 14.7. The van der Waals surface area contributed by atoms with Crippen LogP contribution in [0.2, 0.25) is 0 Å². The molecule has 1 heterocycles. The Kier molecular flexibility index (Phi) is 4.39. The molecule has 1 aromatic carbocycles. The molecule has 0 saturated carbocycles. The molecule has 1 saturated heterocycles. The molecule has 1 aliphatic heterocycles. The lowest BCUT2D eigenvalue weighted by Crippen LogP contribution is -2.45. The van der Waals surface area contributed by atoms with E-state index in [9.17, 15) is 9.59 Å². The van der Waals surface area contributed by atoms with Crippen LogP contribution < -0.4 is 5.73 Å². The molecule has 1 fully saturated rings. The van der Waals surface area contributed by atoms with Gasteiger partial charge in [0, 0.05) is 0 Å². The first-order valence-electron chi connectivity index (χ1n) is 6.74. The smallest absolute Gasteiger partial charge is 0.328 e. The zero-order valence-corrected chi connectivity index (χ0v) is 11.8. The van der Waals surface area contributed by atoms with E-state index >= 15 is 0 Å². The van der Waals surface area contributed by atoms with E-state index in [-0.39, 0.29) is 24.5 Å². The summed E-state index contributed by atoms with van der Waals surface area (Å²) in [6.07, 6.45) is 1.35. The highest BCUT2D eigenvalue weighted by Gasteiger charge is 2.41. The third kappa shape index (κ3) is 2.67. The molecule has 0 spiro atoms. The lowest BCUT2D eigenvalue weighted by Gasteiger charge is -2.29. The summed E-state index contributed by atoms with van der Waals surface area (Å²) < 4.78 is 4.79. The highest BCUT2D eigenvalue weighted by Crippen LogP contribution is 2.36. The van der Waals surface area contributed by atoms with Crippen molar-refractivity contribution in [1.82, 2.24) is 4.90 Å². The first-order valence-corrected chi connectivity index (χ1v) is 6.74. The average Bonchev–Trinajstić information content (AvgIpc) is 2.91. The van der Waals surface area contributed by atoms with Gasteiger partial charge in [0.15, 0.2) is 0 Å². The van der Waals surface area contributed by atoms with Crippen molar-refractivity contribution in [3.8, 4) is 0 Å². The first-order chi connectivity index (χ1) is 9.58. The number of rotatable bonds is 3. The number of ether oxygens (including phenoxy) is 1. The summed E-state index contributed by atoms with van der Waals surface area (Å²) in [5.74, 6) is -0.593. The number of hydrogen-bond donors (Lipinski definition) is 1. The van der Waals surface area contributed by atoms with Crippen LogP contribution >= 0.6 is 0 Å². The van der Waals surface area contributed by atoms with Gasteiger partial charge in [0.1, 0.15) is 6.04 Å². The third-order valence-corrected chi connectivity index (χ3v) is 3.78. The van der Waals surface area contributed by atoms with Crippen molar-refractivity contribution >= 4 is 11.9 Å². The topological polar surface area (TPSA) is 72.6 Å². The van der Waals surface area contributed by atoms with E-state index < -0.39 is 6.04 Å². The van der Waals surface area contributed by atoms with Crippen molar-refractivity contribution in [1.29, 1.82) is 0 Å². The molecule has 108 valence electrons. The maximum atomic E-state index is 12.1. The van der Waals surface area contributed by atoms with Gasteiger partial charge >= 0.3 is 5.97 Å². The Morgan fingerprint density at radius 2 is 1.95 bits per heavy atom. The molecule has 5 heteroatoms. The number of nitrogens with two attached hydrogens (primary N) is 1. The minimum absolute atomic E-state index is 0.101. The van der Waals surface area contributed by atoms with Crippen LogP contribution in [0.5, 0.6) is 0 Å². The van der Waals surface area contributed by atoms with Crippen LogP contribution in [0.4, 0.5) is 0 Å². The molecule has 1 amide bonds. The third-order valence-electron chi connectivity index (χ3n) is 3.78. The summed E-state index contributed by atoms with van der Waals surface area (Å²) in [4.78, 5) is 25.5. The zero-order valence-electron chi connectivity index (χ0n) is 11.8. The second-order valence-electron chi connectivity index (χ2n) is 5.05. The number of nitrogens with zero attached hydrogens (tertiary/aromatic N) is 1. The van der Waals surface area contributed by atoms with Gasteiger partial charge in [0.05, 0.1) is 19.7 Å². The van der Waals surface area contributed by atoms with Crippen molar-refractivity contribution in [3.05, 3.63) is 35.4 Å². The van der Waals surface area contributed by atoms with E-state index in [2.05, 4.69) is 0 Å². The van der Waals surface area contributed by atoms with Crippen molar-refractivity contribution in [3.63, 3.8) is 0 Å². The molecule has 2 atom stereocenters. The Hall–Kier alpha value is -1.88. The molecule has 0 unspecified atom stereocenters. The molecule has 1 aromatic rings. The SMILES string of the molecule is COC(=O)[C@@H]1CC[C@H](c2ccc(C)cc2)N1C(=O)CN. The van der Waals surface area contributed by atoms with Crippen LogP contribution in [0.3, 0.4) is 0 Å². The number of hydrogen-bond acceptors (Lipinski definition) is 4. The Balaban J connectivity index is 2.30. The summed E-state index contributed by atoms with van der Waals surface area (Å²) in [5.41, 5.74) is 7.67. The molecular formula is C15H20N2O3. The number of likely N-dealkylation sites (tertiary alicyclic amines) is 1. The second-order valence-corrected chi connectivity index (χ2v) is 5.05. The van der Waals surface area contributed by atoms with E-state index in [0.29, 0.717) is 6.42 Å². The molecule has 5 nitrogen and oxygen atoms in total. The maximum absolute atomic E-state index is 12.1. The van der Waals surface area contributed by atoms with Gasteiger partial charge in [-0.25, -0.2) is 4.79 Å². The summed E-state index contributed by atoms with van der Waals surface area (Å²) in [6, 6.07) is 7.38. The summed E-state index contributed by atoms with van der Waals surface area (Å²) in [5, 5.41) is 0. The van der Waals surface area contributed by atoms with E-state index in [4.69, 9.17) is 10.5 Å². The highest BCUT2D eigenvalue weighted by molar-refractivity contribution is 5.86. The predicted molar refractivity (Wildman–Crippen MR) is 74.9 cm³/mol. The van der Waals surface area contributed by atoms with Gasteiger partial charge in [-0.15, -0.1) is 0 Å². The van der Waals surface area contributed by atoms with Crippen molar-refractivity contribution < 1.29 is 14.3 Å². The predicted octanol–water partition coefficient (Wildman–Crippen LogP) is 1.16. The fourth-order valence-electron chi connectivity index (χ4n) is 2.75. The molecule has 2 N–H and O–H groups in total. The van der Waals surface area contributed by atoms with Gasteiger partial charge in [0.25, 0.3) is 0 Å². The monoisotopic (exact) mass is 276 g/mol. The Morgan fingerprint density at radius 3 is 2.50 bits per heavy atom. The summed E-state index contributed by atoms with van der Waals surface area (Å²) in [7, 11) is 1.34. The average molecular weight is 276 g/mol. The van der Waals surface area contributed by atoms with Crippen LogP contribution in [0.25, 0.3) is 0 Å². The lowest BCUT2D eigenvalue weighted by atomic mass is 10.0. The van der Waals surface area contributed by atoms with E-state index in [1.807, 2.05) is 31.2 Å². The first kappa shape index (κ1) is 14.5. The van der Waals surface area contributed by atoms with Crippen LogP contribution in [0.15, 0.2) is 24.3 Å². The Labute approximate surface area is 118 Å². The molecule has 0 aliphatic carbocycles. The Bertz CT molecular complexity index is 498. The van der Waals surface area contributed by atoms with E-state index in [0.717, 1.165) is 17.5 Å². The lowest BCUT2D eigenvalue weighted by molar-refractivity contribution is -0.151. The molecule has 0 bridgehead atoms. The fourth-order valence-corrected chi connectivity index (χ4v) is 2.75. The second kappa shape index (κ2) is 6.05. The molecular weight excluding hydrogens is 256 g/mol. The minimum Gasteiger partial charge on any atom is -0.467 e. The summed E-state index contributed by atoms with van der Waals surface area (Å²) in [6.45, 7) is 1.91.